The molecule has 4 heteroatoms. The van der Waals surface area contributed by atoms with Crippen molar-refractivity contribution in [3.8, 4) is 5.75 Å². The fraction of sp³-hybridized carbons (Fsp3) is 0.562. The lowest BCUT2D eigenvalue weighted by Crippen LogP contribution is -2.22. The zero-order chi connectivity index (χ0) is 14.1. The summed E-state index contributed by atoms with van der Waals surface area (Å²) in [7, 11) is 1.69. The van der Waals surface area contributed by atoms with Crippen LogP contribution in [-0.2, 0) is 6.54 Å². The molecule has 1 aliphatic carbocycles. The number of ether oxygens (including phenoxy) is 1. The lowest BCUT2D eigenvalue weighted by atomic mass is 9.80. The molecule has 2 unspecified atom stereocenters. The minimum absolute atomic E-state index is 0.617. The van der Waals surface area contributed by atoms with Gasteiger partial charge < -0.3 is 15.0 Å². The summed E-state index contributed by atoms with van der Waals surface area (Å²) in [6.07, 6.45) is 5.33. The van der Waals surface area contributed by atoms with Gasteiger partial charge in [0.2, 0.25) is 5.95 Å². The van der Waals surface area contributed by atoms with E-state index in [9.17, 15) is 0 Å². The highest BCUT2D eigenvalue weighted by molar-refractivity contribution is 5.79. The molecule has 0 radical (unpaired) electrons. The monoisotopic (exact) mass is 273 g/mol. The number of anilines is 1. The molecule has 3 rings (SSSR count). The van der Waals surface area contributed by atoms with Crippen LogP contribution in [0.25, 0.3) is 11.0 Å². The summed E-state index contributed by atoms with van der Waals surface area (Å²) in [6.45, 7) is 3.33. The molecule has 0 bridgehead atoms. The molecule has 108 valence electrons. The Labute approximate surface area is 119 Å². The van der Waals surface area contributed by atoms with Gasteiger partial charge in [0.05, 0.1) is 18.1 Å². The summed E-state index contributed by atoms with van der Waals surface area (Å²) in [5, 5.41) is 0. The standard InChI is InChI=1S/C16H23N3O/c1-11-5-3-4-6-12(11)10-19-15-9-13(20-2)7-8-14(15)18-16(19)17/h7-9,11-12H,3-6,10H2,1-2H3,(H2,17,18). The van der Waals surface area contributed by atoms with E-state index in [0.29, 0.717) is 11.9 Å². The Morgan fingerprint density at radius 3 is 2.90 bits per heavy atom. The van der Waals surface area contributed by atoms with Gasteiger partial charge in [0, 0.05) is 12.6 Å². The third-order valence-electron chi connectivity index (χ3n) is 4.69. The Morgan fingerprint density at radius 1 is 1.35 bits per heavy atom. The minimum atomic E-state index is 0.617. The molecular formula is C16H23N3O. The second-order valence-corrected chi connectivity index (χ2v) is 5.96. The first-order valence-electron chi connectivity index (χ1n) is 7.49. The normalized spacial score (nSPS) is 23.1. The van der Waals surface area contributed by atoms with Crippen molar-refractivity contribution < 1.29 is 4.74 Å². The highest BCUT2D eigenvalue weighted by Gasteiger charge is 2.23. The van der Waals surface area contributed by atoms with Crippen LogP contribution >= 0.6 is 0 Å². The molecule has 1 heterocycles. The molecule has 2 atom stereocenters. The quantitative estimate of drug-likeness (QED) is 0.931. The fourth-order valence-corrected chi connectivity index (χ4v) is 3.34. The van der Waals surface area contributed by atoms with Gasteiger partial charge in [-0.25, -0.2) is 4.98 Å². The number of rotatable bonds is 3. The molecule has 0 saturated heterocycles. The molecule has 0 amide bonds. The lowest BCUT2D eigenvalue weighted by Gasteiger charge is -2.29. The predicted octanol–water partition coefficient (Wildman–Crippen LogP) is 3.45. The number of hydrogen-bond donors (Lipinski definition) is 1. The fourth-order valence-electron chi connectivity index (χ4n) is 3.34. The maximum absolute atomic E-state index is 6.12. The van der Waals surface area contributed by atoms with Gasteiger partial charge in [-0.05, 0) is 30.4 Å². The van der Waals surface area contributed by atoms with Crippen LogP contribution in [0.15, 0.2) is 18.2 Å². The molecule has 1 fully saturated rings. The maximum atomic E-state index is 6.12. The number of methoxy groups -OCH3 is 1. The highest BCUT2D eigenvalue weighted by Crippen LogP contribution is 2.33. The average molecular weight is 273 g/mol. The van der Waals surface area contributed by atoms with Crippen LogP contribution in [0.4, 0.5) is 5.95 Å². The van der Waals surface area contributed by atoms with Gasteiger partial charge in [0.25, 0.3) is 0 Å². The SMILES string of the molecule is COc1ccc2nc(N)n(CC3CCCCC3C)c2c1. The van der Waals surface area contributed by atoms with Gasteiger partial charge in [-0.2, -0.15) is 0 Å². The van der Waals surface area contributed by atoms with Crippen molar-refractivity contribution in [2.24, 2.45) is 11.8 Å². The number of fused-ring (bicyclic) bond motifs is 1. The average Bonchev–Trinajstić information content (AvgIpc) is 2.77. The van der Waals surface area contributed by atoms with Crippen LogP contribution in [0, 0.1) is 11.8 Å². The Kier molecular flexibility index (Phi) is 3.55. The maximum Gasteiger partial charge on any atom is 0.201 e. The third-order valence-corrected chi connectivity index (χ3v) is 4.69. The molecular weight excluding hydrogens is 250 g/mol. The van der Waals surface area contributed by atoms with E-state index in [1.54, 1.807) is 7.11 Å². The minimum Gasteiger partial charge on any atom is -0.497 e. The van der Waals surface area contributed by atoms with Crippen molar-refractivity contribution in [2.45, 2.75) is 39.2 Å². The van der Waals surface area contributed by atoms with Gasteiger partial charge in [-0.15, -0.1) is 0 Å². The molecule has 4 nitrogen and oxygen atoms in total. The van der Waals surface area contributed by atoms with Gasteiger partial charge >= 0.3 is 0 Å². The van der Waals surface area contributed by atoms with Crippen molar-refractivity contribution in [1.29, 1.82) is 0 Å². The first-order valence-corrected chi connectivity index (χ1v) is 7.49. The molecule has 1 aromatic heterocycles. The first kappa shape index (κ1) is 13.3. The van der Waals surface area contributed by atoms with Gasteiger partial charge in [0.1, 0.15) is 5.75 Å². The summed E-state index contributed by atoms with van der Waals surface area (Å²) >= 11 is 0. The van der Waals surface area contributed by atoms with Crippen LogP contribution in [0.3, 0.4) is 0 Å². The zero-order valence-corrected chi connectivity index (χ0v) is 12.3. The molecule has 0 aliphatic heterocycles. The van der Waals surface area contributed by atoms with E-state index < -0.39 is 0 Å². The highest BCUT2D eigenvalue weighted by atomic mass is 16.5. The number of aromatic nitrogens is 2. The van der Waals surface area contributed by atoms with Gasteiger partial charge in [-0.3, -0.25) is 0 Å². The molecule has 20 heavy (non-hydrogen) atoms. The van der Waals surface area contributed by atoms with E-state index in [0.717, 1.165) is 29.2 Å². The number of imidazole rings is 1. The van der Waals surface area contributed by atoms with E-state index in [-0.39, 0.29) is 0 Å². The van der Waals surface area contributed by atoms with Crippen molar-refractivity contribution >= 4 is 17.0 Å². The number of nitrogen functional groups attached to an aromatic ring is 1. The van der Waals surface area contributed by atoms with E-state index in [1.165, 1.54) is 25.7 Å². The van der Waals surface area contributed by atoms with Crippen LogP contribution in [0.5, 0.6) is 5.75 Å². The van der Waals surface area contributed by atoms with Crippen LogP contribution in [0.2, 0.25) is 0 Å². The van der Waals surface area contributed by atoms with Crippen molar-refractivity contribution in [2.75, 3.05) is 12.8 Å². The number of nitrogens with zero attached hydrogens (tertiary/aromatic N) is 2. The topological polar surface area (TPSA) is 53.1 Å². The Morgan fingerprint density at radius 2 is 2.15 bits per heavy atom. The van der Waals surface area contributed by atoms with Crippen LogP contribution < -0.4 is 10.5 Å². The second kappa shape index (κ2) is 5.35. The summed E-state index contributed by atoms with van der Waals surface area (Å²) < 4.78 is 7.47. The Balaban J connectivity index is 1.95. The van der Waals surface area contributed by atoms with Crippen LogP contribution in [0.1, 0.15) is 32.6 Å². The van der Waals surface area contributed by atoms with Crippen molar-refractivity contribution in [3.05, 3.63) is 18.2 Å². The molecule has 1 aromatic carbocycles. The predicted molar refractivity (Wildman–Crippen MR) is 81.8 cm³/mol. The van der Waals surface area contributed by atoms with Crippen molar-refractivity contribution in [3.63, 3.8) is 0 Å². The molecule has 2 aromatic rings. The van der Waals surface area contributed by atoms with Crippen LogP contribution in [-0.4, -0.2) is 16.7 Å². The summed E-state index contributed by atoms with van der Waals surface area (Å²) in [5.41, 5.74) is 8.15. The van der Waals surface area contributed by atoms with E-state index >= 15 is 0 Å². The molecule has 2 N–H and O–H groups in total. The molecule has 1 aliphatic rings. The largest absolute Gasteiger partial charge is 0.497 e. The van der Waals surface area contributed by atoms with E-state index in [4.69, 9.17) is 10.5 Å². The summed E-state index contributed by atoms with van der Waals surface area (Å²) in [6, 6.07) is 5.94. The Hall–Kier alpha value is -1.71. The molecule has 0 spiro atoms. The van der Waals surface area contributed by atoms with Gasteiger partial charge in [-0.1, -0.05) is 26.2 Å². The zero-order valence-electron chi connectivity index (χ0n) is 12.3. The number of benzene rings is 1. The first-order chi connectivity index (χ1) is 9.69. The number of nitrogens with two attached hydrogens (primary N) is 1. The summed E-state index contributed by atoms with van der Waals surface area (Å²) in [5.74, 6) is 2.95. The Bertz CT molecular complexity index is 605. The second-order valence-electron chi connectivity index (χ2n) is 5.96. The number of hydrogen-bond acceptors (Lipinski definition) is 3. The third kappa shape index (κ3) is 2.35. The van der Waals surface area contributed by atoms with Crippen molar-refractivity contribution in [1.82, 2.24) is 9.55 Å². The lowest BCUT2D eigenvalue weighted by molar-refractivity contribution is 0.231. The van der Waals surface area contributed by atoms with Gasteiger partial charge in [0.15, 0.2) is 0 Å². The van der Waals surface area contributed by atoms with E-state index in [2.05, 4.69) is 16.5 Å². The smallest absolute Gasteiger partial charge is 0.201 e. The molecule has 1 saturated carbocycles. The van der Waals surface area contributed by atoms with E-state index in [1.807, 2.05) is 18.2 Å². The summed E-state index contributed by atoms with van der Waals surface area (Å²) in [4.78, 5) is 4.46.